The molecule has 2 rings (SSSR count). The van der Waals surface area contributed by atoms with Crippen molar-refractivity contribution in [3.05, 3.63) is 11.6 Å². The molecule has 1 aromatic rings. The maximum Gasteiger partial charge on any atom is 0.305 e. The summed E-state index contributed by atoms with van der Waals surface area (Å²) in [6.07, 6.45) is 3.84. The number of carbonyl (C=O) groups is 1. The van der Waals surface area contributed by atoms with Crippen LogP contribution in [-0.4, -0.2) is 25.8 Å². The Labute approximate surface area is 88.1 Å². The van der Waals surface area contributed by atoms with E-state index in [0.717, 1.165) is 37.3 Å². The molecule has 0 saturated heterocycles. The lowest BCUT2D eigenvalue weighted by Crippen LogP contribution is -2.22. The summed E-state index contributed by atoms with van der Waals surface area (Å²) in [5.74, 6) is 1.11. The third kappa shape index (κ3) is 1.86. The van der Waals surface area contributed by atoms with Crippen molar-refractivity contribution in [1.29, 1.82) is 0 Å². The Morgan fingerprint density at radius 1 is 1.60 bits per heavy atom. The first kappa shape index (κ1) is 10.1. The van der Waals surface area contributed by atoms with Crippen LogP contribution < -0.4 is 0 Å². The minimum absolute atomic E-state index is 0.0520. The number of carboxylic acids is 1. The second-order valence-corrected chi connectivity index (χ2v) is 3.90. The van der Waals surface area contributed by atoms with Crippen LogP contribution in [0.2, 0.25) is 0 Å². The van der Waals surface area contributed by atoms with Crippen LogP contribution >= 0.6 is 0 Å². The summed E-state index contributed by atoms with van der Waals surface area (Å²) in [7, 11) is 0. The van der Waals surface area contributed by atoms with Crippen LogP contribution in [0.25, 0.3) is 0 Å². The fourth-order valence-electron chi connectivity index (χ4n) is 2.21. The molecular formula is C10H15N3O2. The van der Waals surface area contributed by atoms with Gasteiger partial charge in [-0.05, 0) is 12.8 Å². The van der Waals surface area contributed by atoms with Gasteiger partial charge in [0.05, 0.1) is 6.42 Å². The highest BCUT2D eigenvalue weighted by Gasteiger charge is 2.25. The molecule has 5 nitrogen and oxygen atoms in total. The van der Waals surface area contributed by atoms with Crippen molar-refractivity contribution in [2.45, 2.75) is 45.1 Å². The standard InChI is InChI=1S/C10H15N3O2/c1-2-8-11-12-9-5-3-4-7(13(8)9)6-10(14)15/h7H,2-6H2,1H3,(H,14,15). The molecule has 1 atom stereocenters. The van der Waals surface area contributed by atoms with Crippen molar-refractivity contribution in [3.8, 4) is 0 Å². The monoisotopic (exact) mass is 209 g/mol. The van der Waals surface area contributed by atoms with Crippen molar-refractivity contribution in [1.82, 2.24) is 14.8 Å². The van der Waals surface area contributed by atoms with Gasteiger partial charge in [-0.2, -0.15) is 0 Å². The number of hydrogen-bond acceptors (Lipinski definition) is 3. The lowest BCUT2D eigenvalue weighted by molar-refractivity contribution is -0.138. The highest BCUT2D eigenvalue weighted by molar-refractivity contribution is 5.67. The Morgan fingerprint density at radius 2 is 2.40 bits per heavy atom. The second-order valence-electron chi connectivity index (χ2n) is 3.90. The van der Waals surface area contributed by atoms with Gasteiger partial charge in [-0.3, -0.25) is 4.79 Å². The molecule has 0 bridgehead atoms. The Balaban J connectivity index is 2.30. The van der Waals surface area contributed by atoms with E-state index in [2.05, 4.69) is 10.2 Å². The van der Waals surface area contributed by atoms with Gasteiger partial charge >= 0.3 is 5.97 Å². The van der Waals surface area contributed by atoms with E-state index in [4.69, 9.17) is 5.11 Å². The van der Waals surface area contributed by atoms with Crippen LogP contribution in [0.1, 0.15) is 43.9 Å². The number of aliphatic carboxylic acids is 1. The first-order valence-corrected chi connectivity index (χ1v) is 5.36. The molecule has 0 saturated carbocycles. The van der Waals surface area contributed by atoms with Crippen LogP contribution in [0.5, 0.6) is 0 Å². The van der Waals surface area contributed by atoms with Gasteiger partial charge in [0, 0.05) is 18.9 Å². The van der Waals surface area contributed by atoms with Crippen LogP contribution in [0.3, 0.4) is 0 Å². The second kappa shape index (κ2) is 4.00. The molecule has 5 heteroatoms. The average molecular weight is 209 g/mol. The molecule has 0 spiro atoms. The van der Waals surface area contributed by atoms with Gasteiger partial charge in [0.25, 0.3) is 0 Å². The Kier molecular flexibility index (Phi) is 2.70. The summed E-state index contributed by atoms with van der Waals surface area (Å²) in [4.78, 5) is 10.7. The van der Waals surface area contributed by atoms with Gasteiger partial charge in [-0.25, -0.2) is 0 Å². The molecule has 82 valence electrons. The SMILES string of the molecule is CCc1nnc2n1C(CC(=O)O)CCC2. The largest absolute Gasteiger partial charge is 0.481 e. The van der Waals surface area contributed by atoms with Crippen molar-refractivity contribution >= 4 is 5.97 Å². The summed E-state index contributed by atoms with van der Waals surface area (Å²) in [5.41, 5.74) is 0. The summed E-state index contributed by atoms with van der Waals surface area (Å²) >= 11 is 0. The number of nitrogens with zero attached hydrogens (tertiary/aromatic N) is 3. The van der Waals surface area contributed by atoms with Crippen LogP contribution in [-0.2, 0) is 17.6 Å². The molecule has 0 aliphatic carbocycles. The zero-order valence-corrected chi connectivity index (χ0v) is 8.81. The van der Waals surface area contributed by atoms with Crippen LogP contribution in [0, 0.1) is 0 Å². The number of fused-ring (bicyclic) bond motifs is 1. The van der Waals surface area contributed by atoms with Crippen molar-refractivity contribution in [2.24, 2.45) is 0 Å². The van der Waals surface area contributed by atoms with E-state index in [9.17, 15) is 4.79 Å². The average Bonchev–Trinajstić information content (AvgIpc) is 2.61. The van der Waals surface area contributed by atoms with E-state index < -0.39 is 5.97 Å². The van der Waals surface area contributed by atoms with Gasteiger partial charge in [-0.15, -0.1) is 10.2 Å². The topological polar surface area (TPSA) is 68.0 Å². The molecule has 1 aliphatic rings. The zero-order chi connectivity index (χ0) is 10.8. The van der Waals surface area contributed by atoms with Crippen molar-refractivity contribution in [3.63, 3.8) is 0 Å². The normalized spacial score (nSPS) is 19.9. The molecular weight excluding hydrogens is 194 g/mol. The van der Waals surface area contributed by atoms with Crippen LogP contribution in [0.15, 0.2) is 0 Å². The third-order valence-corrected chi connectivity index (χ3v) is 2.87. The molecule has 1 N–H and O–H groups in total. The smallest absolute Gasteiger partial charge is 0.305 e. The first-order valence-electron chi connectivity index (χ1n) is 5.36. The van der Waals surface area contributed by atoms with E-state index in [1.807, 2.05) is 11.5 Å². The van der Waals surface area contributed by atoms with Gasteiger partial charge in [0.15, 0.2) is 0 Å². The molecule has 2 heterocycles. The molecule has 0 radical (unpaired) electrons. The lowest BCUT2D eigenvalue weighted by atomic mass is 10.0. The maximum atomic E-state index is 10.7. The summed E-state index contributed by atoms with van der Waals surface area (Å²) in [6.45, 7) is 2.02. The number of carboxylic acid groups (broad SMARTS) is 1. The molecule has 1 aliphatic heterocycles. The summed E-state index contributed by atoms with van der Waals surface area (Å²) in [6, 6.07) is 0.0520. The fraction of sp³-hybridized carbons (Fsp3) is 0.700. The predicted molar refractivity (Wildman–Crippen MR) is 53.6 cm³/mol. The van der Waals surface area contributed by atoms with E-state index >= 15 is 0 Å². The van der Waals surface area contributed by atoms with Crippen molar-refractivity contribution < 1.29 is 9.90 Å². The van der Waals surface area contributed by atoms with Gasteiger partial charge < -0.3 is 9.67 Å². The number of aryl methyl sites for hydroxylation is 2. The predicted octanol–water partition coefficient (Wildman–Crippen LogP) is 1.19. The minimum atomic E-state index is -0.747. The first-order chi connectivity index (χ1) is 7.22. The third-order valence-electron chi connectivity index (χ3n) is 2.87. The molecule has 1 aromatic heterocycles. The highest BCUT2D eigenvalue weighted by Crippen LogP contribution is 2.27. The van der Waals surface area contributed by atoms with Gasteiger partial charge in [0.2, 0.25) is 0 Å². The Bertz CT molecular complexity index is 359. The number of aromatic nitrogens is 3. The van der Waals surface area contributed by atoms with Crippen LogP contribution in [0.4, 0.5) is 0 Å². The Hall–Kier alpha value is -1.39. The maximum absolute atomic E-state index is 10.7. The lowest BCUT2D eigenvalue weighted by Gasteiger charge is -2.24. The molecule has 0 amide bonds. The molecule has 15 heavy (non-hydrogen) atoms. The molecule has 1 unspecified atom stereocenters. The van der Waals surface area contributed by atoms with E-state index in [1.165, 1.54) is 0 Å². The quantitative estimate of drug-likeness (QED) is 0.812. The summed E-state index contributed by atoms with van der Waals surface area (Å²) in [5, 5.41) is 17.0. The van der Waals surface area contributed by atoms with Gasteiger partial charge in [0.1, 0.15) is 11.6 Å². The summed E-state index contributed by atoms with van der Waals surface area (Å²) < 4.78 is 2.03. The van der Waals surface area contributed by atoms with Crippen molar-refractivity contribution in [2.75, 3.05) is 0 Å². The molecule has 0 fully saturated rings. The van der Waals surface area contributed by atoms with Gasteiger partial charge in [-0.1, -0.05) is 6.92 Å². The minimum Gasteiger partial charge on any atom is -0.481 e. The Morgan fingerprint density at radius 3 is 3.07 bits per heavy atom. The van der Waals surface area contributed by atoms with E-state index in [-0.39, 0.29) is 12.5 Å². The van der Waals surface area contributed by atoms with E-state index in [0.29, 0.717) is 0 Å². The highest BCUT2D eigenvalue weighted by atomic mass is 16.4. The van der Waals surface area contributed by atoms with E-state index in [1.54, 1.807) is 0 Å². The number of rotatable bonds is 3. The fourth-order valence-corrected chi connectivity index (χ4v) is 2.21. The number of hydrogen-bond donors (Lipinski definition) is 1. The molecule has 0 aromatic carbocycles. The zero-order valence-electron chi connectivity index (χ0n) is 8.81.